The molecule has 0 bridgehead atoms. The predicted octanol–water partition coefficient (Wildman–Crippen LogP) is 1.36. The summed E-state index contributed by atoms with van der Waals surface area (Å²) in [5.74, 6) is -0.200. The first kappa shape index (κ1) is 14.4. The lowest BCUT2D eigenvalue weighted by molar-refractivity contribution is 0.0468. The van der Waals surface area contributed by atoms with E-state index in [1.807, 2.05) is 13.0 Å². The maximum absolute atomic E-state index is 12.2. The lowest BCUT2D eigenvalue weighted by Crippen LogP contribution is -2.47. The molecule has 18 heavy (non-hydrogen) atoms. The molecule has 5 nitrogen and oxygen atoms in total. The molecule has 1 amide bonds. The summed E-state index contributed by atoms with van der Waals surface area (Å²) >= 11 is 0. The number of anilines is 1. The number of amides is 1. The highest BCUT2D eigenvalue weighted by Gasteiger charge is 2.28. The minimum atomic E-state index is -0.604. The van der Waals surface area contributed by atoms with Crippen molar-refractivity contribution in [3.63, 3.8) is 0 Å². The molecule has 5 heteroatoms. The van der Waals surface area contributed by atoms with E-state index in [4.69, 9.17) is 0 Å². The van der Waals surface area contributed by atoms with Crippen LogP contribution in [0, 0.1) is 0 Å². The summed E-state index contributed by atoms with van der Waals surface area (Å²) in [6.45, 7) is 6.29. The number of hydrogen-bond acceptors (Lipinski definition) is 4. The third kappa shape index (κ3) is 3.20. The van der Waals surface area contributed by atoms with Gasteiger partial charge in [0.05, 0.1) is 12.1 Å². The molecule has 0 radical (unpaired) electrons. The summed E-state index contributed by atoms with van der Waals surface area (Å²) in [7, 11) is 1.67. The van der Waals surface area contributed by atoms with Crippen LogP contribution in [0.3, 0.4) is 0 Å². The predicted molar refractivity (Wildman–Crippen MR) is 71.7 cm³/mol. The van der Waals surface area contributed by atoms with Crippen LogP contribution < -0.4 is 5.32 Å². The average molecular weight is 251 g/mol. The molecule has 2 N–H and O–H groups in total. The Balaban J connectivity index is 2.93. The fraction of sp³-hybridized carbons (Fsp3) is 0.538. The van der Waals surface area contributed by atoms with Crippen LogP contribution in [0.2, 0.25) is 0 Å². The number of aromatic nitrogens is 1. The third-order valence-corrected chi connectivity index (χ3v) is 2.96. The molecular formula is C13H21N3O2. The Morgan fingerprint density at radius 3 is 2.78 bits per heavy atom. The highest BCUT2D eigenvalue weighted by Crippen LogP contribution is 2.16. The fourth-order valence-electron chi connectivity index (χ4n) is 1.41. The number of likely N-dealkylation sites (N-methyl/N-ethyl adjacent to an activating group) is 1. The second kappa shape index (κ2) is 5.82. The minimum absolute atomic E-state index is 0.0951. The van der Waals surface area contributed by atoms with Gasteiger partial charge in [0, 0.05) is 25.5 Å². The normalized spacial score (nSPS) is 11.2. The quantitative estimate of drug-likeness (QED) is 0.829. The van der Waals surface area contributed by atoms with Crippen molar-refractivity contribution in [3.05, 3.63) is 24.0 Å². The Kier molecular flexibility index (Phi) is 4.67. The van der Waals surface area contributed by atoms with Gasteiger partial charge in [-0.05, 0) is 32.9 Å². The summed E-state index contributed by atoms with van der Waals surface area (Å²) < 4.78 is 0. The zero-order valence-electron chi connectivity index (χ0n) is 11.4. The first-order chi connectivity index (χ1) is 8.42. The van der Waals surface area contributed by atoms with Crippen LogP contribution in [-0.2, 0) is 0 Å². The molecule has 0 aliphatic carbocycles. The Hall–Kier alpha value is -1.62. The van der Waals surface area contributed by atoms with Gasteiger partial charge in [-0.15, -0.1) is 0 Å². The Morgan fingerprint density at radius 2 is 2.22 bits per heavy atom. The highest BCUT2D eigenvalue weighted by atomic mass is 16.3. The molecule has 1 aromatic heterocycles. The molecule has 0 spiro atoms. The standard InChI is InChI=1S/C13H21N3O2/c1-5-14-10-6-7-15-11(8-10)12(18)16(4)13(2,3)9-17/h6-8,17H,5,9H2,1-4H3,(H,14,15). The summed E-state index contributed by atoms with van der Waals surface area (Å²) in [4.78, 5) is 17.8. The zero-order chi connectivity index (χ0) is 13.8. The van der Waals surface area contributed by atoms with Gasteiger partial charge in [0.1, 0.15) is 5.69 Å². The maximum Gasteiger partial charge on any atom is 0.272 e. The summed E-state index contributed by atoms with van der Waals surface area (Å²) in [5.41, 5.74) is 0.635. The molecular weight excluding hydrogens is 230 g/mol. The molecule has 0 saturated heterocycles. The fourth-order valence-corrected chi connectivity index (χ4v) is 1.41. The molecule has 100 valence electrons. The van der Waals surface area contributed by atoms with E-state index in [1.165, 1.54) is 4.90 Å². The van der Waals surface area contributed by atoms with E-state index in [1.54, 1.807) is 33.2 Å². The van der Waals surface area contributed by atoms with Gasteiger partial charge in [-0.25, -0.2) is 0 Å². The van der Waals surface area contributed by atoms with Crippen LogP contribution in [0.1, 0.15) is 31.3 Å². The number of hydrogen-bond donors (Lipinski definition) is 2. The van der Waals surface area contributed by atoms with Crippen molar-refractivity contribution in [1.82, 2.24) is 9.88 Å². The first-order valence-electron chi connectivity index (χ1n) is 6.01. The lowest BCUT2D eigenvalue weighted by atomic mass is 10.0. The Morgan fingerprint density at radius 1 is 1.56 bits per heavy atom. The van der Waals surface area contributed by atoms with Gasteiger partial charge in [0.2, 0.25) is 0 Å². The van der Waals surface area contributed by atoms with Crippen LogP contribution in [0.15, 0.2) is 18.3 Å². The Labute approximate surface area is 108 Å². The van der Waals surface area contributed by atoms with Gasteiger partial charge in [-0.3, -0.25) is 9.78 Å². The topological polar surface area (TPSA) is 65.5 Å². The molecule has 1 heterocycles. The third-order valence-electron chi connectivity index (χ3n) is 2.96. The van der Waals surface area contributed by atoms with Gasteiger partial charge in [-0.1, -0.05) is 0 Å². The number of aliphatic hydroxyl groups is 1. The van der Waals surface area contributed by atoms with E-state index in [0.717, 1.165) is 12.2 Å². The molecule has 1 rings (SSSR count). The highest BCUT2D eigenvalue weighted by molar-refractivity contribution is 5.93. The van der Waals surface area contributed by atoms with E-state index in [-0.39, 0.29) is 12.5 Å². The lowest BCUT2D eigenvalue weighted by Gasteiger charge is -2.33. The Bertz CT molecular complexity index is 418. The zero-order valence-corrected chi connectivity index (χ0v) is 11.4. The van der Waals surface area contributed by atoms with Crippen LogP contribution in [0.5, 0.6) is 0 Å². The molecule has 0 saturated carbocycles. The largest absolute Gasteiger partial charge is 0.394 e. The molecule has 0 unspecified atom stereocenters. The minimum Gasteiger partial charge on any atom is -0.394 e. The number of nitrogens with zero attached hydrogens (tertiary/aromatic N) is 2. The van der Waals surface area contributed by atoms with Crippen molar-refractivity contribution in [2.45, 2.75) is 26.3 Å². The van der Waals surface area contributed by atoms with E-state index >= 15 is 0 Å². The smallest absolute Gasteiger partial charge is 0.272 e. The molecule has 0 aromatic carbocycles. The van der Waals surface area contributed by atoms with Crippen LogP contribution in [0.4, 0.5) is 5.69 Å². The molecule has 0 atom stereocenters. The van der Waals surface area contributed by atoms with Crippen LogP contribution in [-0.4, -0.2) is 46.6 Å². The van der Waals surface area contributed by atoms with E-state index < -0.39 is 5.54 Å². The summed E-state index contributed by atoms with van der Waals surface area (Å²) in [6, 6.07) is 3.53. The number of nitrogens with one attached hydrogen (secondary N) is 1. The van der Waals surface area contributed by atoms with Gasteiger partial charge >= 0.3 is 0 Å². The molecule has 0 aliphatic heterocycles. The monoisotopic (exact) mass is 251 g/mol. The number of pyridine rings is 1. The van der Waals surface area contributed by atoms with Crippen molar-refractivity contribution in [2.24, 2.45) is 0 Å². The van der Waals surface area contributed by atoms with E-state index in [0.29, 0.717) is 5.69 Å². The first-order valence-corrected chi connectivity index (χ1v) is 6.01. The van der Waals surface area contributed by atoms with Gasteiger partial charge in [0.25, 0.3) is 5.91 Å². The second-order valence-corrected chi connectivity index (χ2v) is 4.79. The number of carbonyl (C=O) groups excluding carboxylic acids is 1. The van der Waals surface area contributed by atoms with Crippen molar-refractivity contribution >= 4 is 11.6 Å². The molecule has 0 aliphatic rings. The molecule has 1 aromatic rings. The number of rotatable bonds is 5. The maximum atomic E-state index is 12.2. The van der Waals surface area contributed by atoms with Crippen molar-refractivity contribution in [1.29, 1.82) is 0 Å². The summed E-state index contributed by atoms with van der Waals surface area (Å²) in [5, 5.41) is 12.4. The number of aliphatic hydroxyl groups excluding tert-OH is 1. The average Bonchev–Trinajstić information content (AvgIpc) is 2.37. The SMILES string of the molecule is CCNc1ccnc(C(=O)N(C)C(C)(C)CO)c1. The van der Waals surface area contributed by atoms with Crippen molar-refractivity contribution < 1.29 is 9.90 Å². The van der Waals surface area contributed by atoms with Crippen LogP contribution >= 0.6 is 0 Å². The van der Waals surface area contributed by atoms with E-state index in [9.17, 15) is 9.90 Å². The van der Waals surface area contributed by atoms with Crippen molar-refractivity contribution in [3.8, 4) is 0 Å². The van der Waals surface area contributed by atoms with Gasteiger partial charge < -0.3 is 15.3 Å². The van der Waals surface area contributed by atoms with Gasteiger partial charge in [0.15, 0.2) is 0 Å². The van der Waals surface area contributed by atoms with E-state index in [2.05, 4.69) is 10.3 Å². The van der Waals surface area contributed by atoms with Crippen LogP contribution in [0.25, 0.3) is 0 Å². The molecule has 0 fully saturated rings. The van der Waals surface area contributed by atoms with Gasteiger partial charge in [-0.2, -0.15) is 0 Å². The second-order valence-electron chi connectivity index (χ2n) is 4.79. The number of carbonyl (C=O) groups is 1. The summed E-state index contributed by atoms with van der Waals surface area (Å²) in [6.07, 6.45) is 1.60. The van der Waals surface area contributed by atoms with Crippen molar-refractivity contribution in [2.75, 3.05) is 25.5 Å².